The number of hydrogen-bond acceptors (Lipinski definition) is 2. The van der Waals surface area contributed by atoms with E-state index in [0.717, 1.165) is 10.9 Å². The molecule has 0 unspecified atom stereocenters. The second-order valence-electron chi connectivity index (χ2n) is 3.22. The van der Waals surface area contributed by atoms with Crippen molar-refractivity contribution >= 4 is 0 Å². The molecule has 0 spiro atoms. The van der Waals surface area contributed by atoms with Crippen molar-refractivity contribution in [3.05, 3.63) is 42.1 Å². The second kappa shape index (κ2) is 5.57. The van der Waals surface area contributed by atoms with Gasteiger partial charge in [-0.3, -0.25) is 0 Å². The first-order chi connectivity index (χ1) is 8.04. The van der Waals surface area contributed by atoms with Crippen LogP contribution in [-0.4, -0.2) is 16.9 Å². The van der Waals surface area contributed by atoms with Crippen LogP contribution in [0.2, 0.25) is 0 Å². The molecule has 0 atom stereocenters. The van der Waals surface area contributed by atoms with Gasteiger partial charge < -0.3 is 4.74 Å². The van der Waals surface area contributed by atoms with Crippen LogP contribution in [0, 0.1) is 6.07 Å². The van der Waals surface area contributed by atoms with Crippen molar-refractivity contribution in [1.29, 1.82) is 0 Å². The van der Waals surface area contributed by atoms with E-state index in [0.29, 0.717) is 5.69 Å². The summed E-state index contributed by atoms with van der Waals surface area (Å²) in [5.41, 5.74) is -0.517. The molecular formula is C11H8F3N2OPt-. The third-order valence-electron chi connectivity index (χ3n) is 2.14. The minimum Gasteiger partial charge on any atom is -0.481 e. The summed E-state index contributed by atoms with van der Waals surface area (Å²) in [5.74, 6) is -0.347. The number of aromatic nitrogens is 2. The molecule has 0 N–H and O–H groups in total. The van der Waals surface area contributed by atoms with E-state index in [1.54, 1.807) is 24.3 Å². The van der Waals surface area contributed by atoms with E-state index < -0.39 is 11.7 Å². The van der Waals surface area contributed by atoms with Crippen LogP contribution in [0.1, 0.15) is 5.56 Å². The van der Waals surface area contributed by atoms with Gasteiger partial charge >= 0.3 is 6.18 Å². The third-order valence-corrected chi connectivity index (χ3v) is 2.14. The molecule has 0 aliphatic carbocycles. The van der Waals surface area contributed by atoms with Gasteiger partial charge in [0.1, 0.15) is 5.56 Å². The van der Waals surface area contributed by atoms with Crippen molar-refractivity contribution in [2.24, 2.45) is 0 Å². The fraction of sp³-hybridized carbons (Fsp3) is 0.182. The third kappa shape index (κ3) is 2.75. The summed E-state index contributed by atoms with van der Waals surface area (Å²) < 4.78 is 43.7. The SMILES string of the molecule is COc1c(C(F)(F)F)cnn1-c1[c-]cccc1.[Pt]. The molecule has 1 aromatic carbocycles. The molecule has 0 saturated carbocycles. The van der Waals surface area contributed by atoms with E-state index in [9.17, 15) is 13.2 Å². The molecule has 0 bridgehead atoms. The molecule has 0 aliphatic rings. The molecule has 100 valence electrons. The Bertz CT molecular complexity index is 511. The van der Waals surface area contributed by atoms with Crippen LogP contribution in [0.3, 0.4) is 0 Å². The van der Waals surface area contributed by atoms with Crippen LogP contribution in [0.15, 0.2) is 30.5 Å². The van der Waals surface area contributed by atoms with Crippen molar-refractivity contribution in [2.75, 3.05) is 7.11 Å². The first-order valence-corrected chi connectivity index (χ1v) is 4.70. The fourth-order valence-corrected chi connectivity index (χ4v) is 1.42. The smallest absolute Gasteiger partial charge is 0.423 e. The molecule has 7 heteroatoms. The van der Waals surface area contributed by atoms with Gasteiger partial charge in [-0.15, -0.1) is 6.07 Å². The Morgan fingerprint density at radius 2 is 2.06 bits per heavy atom. The monoisotopic (exact) mass is 436 g/mol. The number of alkyl halides is 3. The molecular weight excluding hydrogens is 428 g/mol. The Balaban J connectivity index is 0.00000162. The number of rotatable bonds is 2. The van der Waals surface area contributed by atoms with Crippen LogP contribution in [-0.2, 0) is 27.2 Å². The summed E-state index contributed by atoms with van der Waals surface area (Å²) in [6, 6.07) is 9.35. The Morgan fingerprint density at radius 3 is 2.56 bits per heavy atom. The Morgan fingerprint density at radius 1 is 1.33 bits per heavy atom. The zero-order valence-electron chi connectivity index (χ0n) is 9.14. The largest absolute Gasteiger partial charge is 0.481 e. The van der Waals surface area contributed by atoms with Gasteiger partial charge in [0.05, 0.1) is 13.3 Å². The number of para-hydroxylation sites is 1. The number of methoxy groups -OCH3 is 1. The van der Waals surface area contributed by atoms with Crippen LogP contribution >= 0.6 is 0 Å². The number of ether oxygens (including phenoxy) is 1. The van der Waals surface area contributed by atoms with Crippen molar-refractivity contribution in [3.63, 3.8) is 0 Å². The number of halogens is 3. The van der Waals surface area contributed by atoms with Crippen molar-refractivity contribution in [1.82, 2.24) is 9.78 Å². The topological polar surface area (TPSA) is 27.1 Å². The van der Waals surface area contributed by atoms with Crippen molar-refractivity contribution in [3.8, 4) is 11.6 Å². The maximum absolute atomic E-state index is 12.6. The first kappa shape index (κ1) is 14.8. The van der Waals surface area contributed by atoms with Crippen LogP contribution in [0.4, 0.5) is 13.2 Å². The molecule has 2 aromatic rings. The van der Waals surface area contributed by atoms with Crippen molar-refractivity contribution in [2.45, 2.75) is 6.18 Å². The summed E-state index contributed by atoms with van der Waals surface area (Å²) in [6.45, 7) is 0. The molecule has 0 saturated heterocycles. The first-order valence-electron chi connectivity index (χ1n) is 4.70. The van der Waals surface area contributed by atoms with E-state index in [2.05, 4.69) is 11.2 Å². The summed E-state index contributed by atoms with van der Waals surface area (Å²) >= 11 is 0. The van der Waals surface area contributed by atoms with Crippen molar-refractivity contribution < 1.29 is 39.0 Å². The number of nitrogens with zero attached hydrogens (tertiary/aromatic N) is 2. The molecule has 3 nitrogen and oxygen atoms in total. The molecule has 1 aromatic heterocycles. The molecule has 0 aliphatic heterocycles. The zero-order valence-corrected chi connectivity index (χ0v) is 11.4. The van der Waals surface area contributed by atoms with Crippen LogP contribution < -0.4 is 4.74 Å². The van der Waals surface area contributed by atoms with Gasteiger partial charge in [0, 0.05) is 21.1 Å². The summed E-state index contributed by atoms with van der Waals surface area (Å²) in [6.07, 6.45) is -3.75. The van der Waals surface area contributed by atoms with Gasteiger partial charge in [-0.1, -0.05) is 0 Å². The van der Waals surface area contributed by atoms with Crippen LogP contribution in [0.5, 0.6) is 5.88 Å². The van der Waals surface area contributed by atoms with Crippen LogP contribution in [0.25, 0.3) is 5.69 Å². The Labute approximate surface area is 116 Å². The molecule has 0 fully saturated rings. The van der Waals surface area contributed by atoms with E-state index in [1.165, 1.54) is 7.11 Å². The Hall–Kier alpha value is -1.29. The van der Waals surface area contributed by atoms with Gasteiger partial charge in [0.2, 0.25) is 5.88 Å². The van der Waals surface area contributed by atoms with E-state index in [1.807, 2.05) is 0 Å². The molecule has 0 radical (unpaired) electrons. The standard InChI is InChI=1S/C11H8F3N2O.Pt/c1-17-10-9(11(12,13)14)7-15-16(10)8-5-3-2-4-6-8;/h2-5,7H,1H3;/q-1;. The zero-order chi connectivity index (χ0) is 12.5. The van der Waals surface area contributed by atoms with Gasteiger partial charge in [-0.2, -0.15) is 42.5 Å². The second-order valence-corrected chi connectivity index (χ2v) is 3.22. The van der Waals surface area contributed by atoms with Gasteiger partial charge in [-0.05, 0) is 5.69 Å². The predicted molar refractivity (Wildman–Crippen MR) is 54.0 cm³/mol. The van der Waals surface area contributed by atoms with E-state index in [-0.39, 0.29) is 26.9 Å². The predicted octanol–water partition coefficient (Wildman–Crippen LogP) is 2.70. The summed E-state index contributed by atoms with van der Waals surface area (Å²) in [7, 11) is 1.17. The minimum atomic E-state index is -4.49. The normalized spacial score (nSPS) is 10.9. The minimum absolute atomic E-state index is 0. The number of benzene rings is 1. The summed E-state index contributed by atoms with van der Waals surface area (Å²) in [4.78, 5) is 0. The average Bonchev–Trinajstić information content (AvgIpc) is 2.73. The molecule has 2 rings (SSSR count). The molecule has 1 heterocycles. The van der Waals surface area contributed by atoms with Gasteiger partial charge in [-0.25, -0.2) is 4.68 Å². The van der Waals surface area contributed by atoms with E-state index >= 15 is 0 Å². The number of hydrogen-bond donors (Lipinski definition) is 0. The van der Waals surface area contributed by atoms with Gasteiger partial charge in [0.25, 0.3) is 0 Å². The quantitative estimate of drug-likeness (QED) is 0.678. The summed E-state index contributed by atoms with van der Waals surface area (Å²) in [5, 5.41) is 3.66. The van der Waals surface area contributed by atoms with Gasteiger partial charge in [0.15, 0.2) is 0 Å². The Kier molecular flexibility index (Phi) is 4.57. The molecule has 0 amide bonds. The van der Waals surface area contributed by atoms with E-state index in [4.69, 9.17) is 4.74 Å². The maximum atomic E-state index is 12.6. The average molecular weight is 436 g/mol. The fourth-order valence-electron chi connectivity index (χ4n) is 1.42. The maximum Gasteiger partial charge on any atom is 0.423 e. The molecule has 18 heavy (non-hydrogen) atoms.